The molecule has 144 valence electrons. The van der Waals surface area contributed by atoms with Gasteiger partial charge in [-0.3, -0.25) is 9.59 Å². The van der Waals surface area contributed by atoms with Gasteiger partial charge < -0.3 is 14.4 Å². The number of nitrogens with zero attached hydrogens (tertiary/aromatic N) is 3. The van der Waals surface area contributed by atoms with E-state index >= 15 is 0 Å². The van der Waals surface area contributed by atoms with E-state index in [0.717, 1.165) is 22.0 Å². The average Bonchev–Trinajstić information content (AvgIpc) is 3.06. The number of fused-ring (bicyclic) bond motifs is 1. The van der Waals surface area contributed by atoms with E-state index in [4.69, 9.17) is 11.6 Å². The zero-order valence-electron chi connectivity index (χ0n) is 15.8. The van der Waals surface area contributed by atoms with Crippen LogP contribution in [0.15, 0.2) is 54.7 Å². The molecule has 1 aromatic heterocycles. The normalized spacial score (nSPS) is 14.5. The first-order valence-corrected chi connectivity index (χ1v) is 9.76. The van der Waals surface area contributed by atoms with Crippen LogP contribution in [-0.4, -0.2) is 52.4 Å². The van der Waals surface area contributed by atoms with Crippen LogP contribution in [0.1, 0.15) is 15.9 Å². The van der Waals surface area contributed by atoms with Gasteiger partial charge in [-0.2, -0.15) is 0 Å². The summed E-state index contributed by atoms with van der Waals surface area (Å²) in [5.41, 5.74) is 2.71. The summed E-state index contributed by atoms with van der Waals surface area (Å²) in [5.74, 6) is 0.112. The molecular formula is C22H22ClN3O2. The maximum Gasteiger partial charge on any atom is 0.256 e. The van der Waals surface area contributed by atoms with Gasteiger partial charge in [0.2, 0.25) is 5.91 Å². The van der Waals surface area contributed by atoms with E-state index in [0.29, 0.717) is 37.6 Å². The predicted molar refractivity (Wildman–Crippen MR) is 111 cm³/mol. The maximum absolute atomic E-state index is 13.0. The number of aromatic nitrogens is 1. The second-order valence-electron chi connectivity index (χ2n) is 7.15. The Labute approximate surface area is 169 Å². The Bertz CT molecular complexity index is 1020. The van der Waals surface area contributed by atoms with Crippen molar-refractivity contribution in [1.82, 2.24) is 14.4 Å². The van der Waals surface area contributed by atoms with Crippen molar-refractivity contribution in [2.75, 3.05) is 26.2 Å². The average molecular weight is 396 g/mol. The molecule has 0 aliphatic carbocycles. The Morgan fingerprint density at radius 3 is 2.29 bits per heavy atom. The van der Waals surface area contributed by atoms with Crippen LogP contribution < -0.4 is 0 Å². The van der Waals surface area contributed by atoms with E-state index in [2.05, 4.69) is 0 Å². The summed E-state index contributed by atoms with van der Waals surface area (Å²) >= 11 is 5.90. The van der Waals surface area contributed by atoms with Crippen molar-refractivity contribution in [3.63, 3.8) is 0 Å². The minimum absolute atomic E-state index is 0.0293. The van der Waals surface area contributed by atoms with Gasteiger partial charge in [0.05, 0.1) is 12.0 Å². The van der Waals surface area contributed by atoms with Crippen LogP contribution in [0.4, 0.5) is 0 Å². The highest BCUT2D eigenvalue weighted by atomic mass is 35.5. The minimum atomic E-state index is 0.0293. The van der Waals surface area contributed by atoms with Crippen molar-refractivity contribution in [3.8, 4) is 0 Å². The molecule has 0 atom stereocenters. The van der Waals surface area contributed by atoms with E-state index in [1.54, 1.807) is 12.1 Å². The van der Waals surface area contributed by atoms with Gasteiger partial charge in [0.15, 0.2) is 0 Å². The molecule has 0 bridgehead atoms. The van der Waals surface area contributed by atoms with E-state index in [9.17, 15) is 9.59 Å². The quantitative estimate of drug-likeness (QED) is 0.682. The number of hydrogen-bond acceptors (Lipinski definition) is 2. The standard InChI is InChI=1S/C22H22ClN3O2/c1-24-15-19(18-4-2-3-5-20(18)24)22(28)26-12-10-25(11-13-26)21(27)14-16-6-8-17(23)9-7-16/h2-9,15H,10-14H2,1H3. The summed E-state index contributed by atoms with van der Waals surface area (Å²) in [4.78, 5) is 29.3. The molecule has 0 spiro atoms. The van der Waals surface area contributed by atoms with Crippen molar-refractivity contribution >= 4 is 34.3 Å². The second kappa shape index (κ2) is 7.68. The second-order valence-corrected chi connectivity index (χ2v) is 7.58. The van der Waals surface area contributed by atoms with Gasteiger partial charge in [-0.25, -0.2) is 0 Å². The van der Waals surface area contributed by atoms with E-state index in [1.165, 1.54) is 0 Å². The zero-order valence-corrected chi connectivity index (χ0v) is 16.5. The number of carbonyl (C=O) groups excluding carboxylic acids is 2. The predicted octanol–water partition coefficient (Wildman–Crippen LogP) is 3.36. The summed E-state index contributed by atoms with van der Waals surface area (Å²) in [7, 11) is 1.95. The van der Waals surface area contributed by atoms with E-state index in [-0.39, 0.29) is 11.8 Å². The number of halogens is 1. The SMILES string of the molecule is Cn1cc(C(=O)N2CCN(C(=O)Cc3ccc(Cl)cc3)CC2)c2ccccc21. The van der Waals surface area contributed by atoms with Crippen LogP contribution in [0.25, 0.3) is 10.9 Å². The summed E-state index contributed by atoms with van der Waals surface area (Å²) < 4.78 is 1.98. The Morgan fingerprint density at radius 2 is 1.57 bits per heavy atom. The highest BCUT2D eigenvalue weighted by Crippen LogP contribution is 2.22. The van der Waals surface area contributed by atoms with Crippen LogP contribution in [0.2, 0.25) is 5.02 Å². The molecule has 6 heteroatoms. The molecule has 28 heavy (non-hydrogen) atoms. The molecule has 2 heterocycles. The number of carbonyl (C=O) groups is 2. The molecule has 1 saturated heterocycles. The lowest BCUT2D eigenvalue weighted by molar-refractivity contribution is -0.131. The lowest BCUT2D eigenvalue weighted by Gasteiger charge is -2.34. The fourth-order valence-corrected chi connectivity index (χ4v) is 3.86. The van der Waals surface area contributed by atoms with Gasteiger partial charge in [-0.05, 0) is 23.8 Å². The fourth-order valence-electron chi connectivity index (χ4n) is 3.73. The molecule has 4 rings (SSSR count). The first-order chi connectivity index (χ1) is 13.5. The van der Waals surface area contributed by atoms with Crippen LogP contribution in [-0.2, 0) is 18.3 Å². The molecule has 0 N–H and O–H groups in total. The zero-order chi connectivity index (χ0) is 19.7. The maximum atomic E-state index is 13.0. The van der Waals surface area contributed by atoms with E-state index in [1.807, 2.05) is 64.0 Å². The van der Waals surface area contributed by atoms with Crippen LogP contribution in [0.3, 0.4) is 0 Å². The van der Waals surface area contributed by atoms with Gasteiger partial charge in [0.1, 0.15) is 0 Å². The van der Waals surface area contributed by atoms with Crippen molar-refractivity contribution < 1.29 is 9.59 Å². The van der Waals surface area contributed by atoms with Gasteiger partial charge >= 0.3 is 0 Å². The summed E-state index contributed by atoms with van der Waals surface area (Å²) in [5, 5.41) is 1.63. The summed E-state index contributed by atoms with van der Waals surface area (Å²) in [6, 6.07) is 15.3. The first-order valence-electron chi connectivity index (χ1n) is 9.38. The Morgan fingerprint density at radius 1 is 0.929 bits per heavy atom. The molecule has 1 fully saturated rings. The number of amides is 2. The summed E-state index contributed by atoms with van der Waals surface area (Å²) in [6.07, 6.45) is 2.25. The Balaban J connectivity index is 1.40. The Kier molecular flexibility index (Phi) is 5.09. The minimum Gasteiger partial charge on any atom is -0.350 e. The third kappa shape index (κ3) is 3.62. The summed E-state index contributed by atoms with van der Waals surface area (Å²) in [6.45, 7) is 2.22. The number of rotatable bonds is 3. The monoisotopic (exact) mass is 395 g/mol. The molecular weight excluding hydrogens is 374 g/mol. The van der Waals surface area contributed by atoms with Crippen molar-refractivity contribution in [3.05, 3.63) is 70.9 Å². The molecule has 5 nitrogen and oxygen atoms in total. The van der Waals surface area contributed by atoms with Gasteiger partial charge in [-0.1, -0.05) is 41.9 Å². The third-order valence-electron chi connectivity index (χ3n) is 5.32. The number of hydrogen-bond donors (Lipinski definition) is 0. The molecule has 0 saturated carbocycles. The van der Waals surface area contributed by atoms with Crippen LogP contribution in [0.5, 0.6) is 0 Å². The van der Waals surface area contributed by atoms with Crippen molar-refractivity contribution in [1.29, 1.82) is 0 Å². The molecule has 3 aromatic rings. The third-order valence-corrected chi connectivity index (χ3v) is 5.57. The van der Waals surface area contributed by atoms with Gasteiger partial charge in [-0.15, -0.1) is 0 Å². The van der Waals surface area contributed by atoms with Crippen LogP contribution >= 0.6 is 11.6 Å². The lowest BCUT2D eigenvalue weighted by Crippen LogP contribution is -2.51. The number of aryl methyl sites for hydroxylation is 1. The van der Waals surface area contributed by atoms with Gasteiger partial charge in [0, 0.05) is 55.3 Å². The topological polar surface area (TPSA) is 45.6 Å². The van der Waals surface area contributed by atoms with E-state index < -0.39 is 0 Å². The molecule has 0 unspecified atom stereocenters. The largest absolute Gasteiger partial charge is 0.350 e. The fraction of sp³-hybridized carbons (Fsp3) is 0.273. The van der Waals surface area contributed by atoms with Crippen LogP contribution in [0, 0.1) is 0 Å². The molecule has 0 radical (unpaired) electrons. The number of para-hydroxylation sites is 1. The number of benzene rings is 2. The van der Waals surface area contributed by atoms with Crippen molar-refractivity contribution in [2.24, 2.45) is 7.05 Å². The molecule has 2 amide bonds. The Hall–Kier alpha value is -2.79. The molecule has 1 aliphatic rings. The smallest absolute Gasteiger partial charge is 0.256 e. The molecule has 2 aromatic carbocycles. The lowest BCUT2D eigenvalue weighted by atomic mass is 10.1. The highest BCUT2D eigenvalue weighted by Gasteiger charge is 2.26. The molecule has 1 aliphatic heterocycles. The first kappa shape index (κ1) is 18.6. The van der Waals surface area contributed by atoms with Crippen molar-refractivity contribution in [2.45, 2.75) is 6.42 Å². The number of piperazine rings is 1. The highest BCUT2D eigenvalue weighted by molar-refractivity contribution is 6.30. The van der Waals surface area contributed by atoms with Gasteiger partial charge in [0.25, 0.3) is 5.91 Å².